The van der Waals surface area contributed by atoms with Gasteiger partial charge in [0.05, 0.1) is 16.4 Å². The fourth-order valence-electron chi connectivity index (χ4n) is 3.28. The smallest absolute Gasteiger partial charge is 0.269 e. The quantitative estimate of drug-likeness (QED) is 0.259. The van der Waals surface area contributed by atoms with Crippen molar-refractivity contribution in [1.29, 1.82) is 0 Å². The van der Waals surface area contributed by atoms with Gasteiger partial charge in [-0.25, -0.2) is 0 Å². The van der Waals surface area contributed by atoms with Crippen LogP contribution in [0.1, 0.15) is 45.7 Å². The van der Waals surface area contributed by atoms with E-state index in [1.807, 2.05) is 52.8 Å². The Morgan fingerprint density at radius 1 is 1.09 bits per heavy atom. The molecule has 8 nitrogen and oxygen atoms in total. The SMILES string of the molecule is CCOc1cc(/C=C2/SC(=NC(C)C)N(C(C)C)C2=O)ccc1OCc1ccc([N+](=O)[O-])cc1. The summed E-state index contributed by atoms with van der Waals surface area (Å²) in [6, 6.07) is 11.8. The van der Waals surface area contributed by atoms with E-state index in [1.165, 1.54) is 23.9 Å². The van der Waals surface area contributed by atoms with Gasteiger partial charge in [-0.2, -0.15) is 0 Å². The summed E-state index contributed by atoms with van der Waals surface area (Å²) in [4.78, 5) is 30.3. The maximum absolute atomic E-state index is 13.0. The standard InChI is InChI=1S/C25H29N3O5S/c1-6-32-22-13-19(14-23-24(29)27(17(4)5)25(34-23)26-16(2)3)9-12-21(22)33-15-18-7-10-20(11-8-18)28(30)31/h7-14,16-17H,6,15H2,1-5H3/b23-14+,26-25?. The van der Waals surface area contributed by atoms with Crippen LogP contribution in [0.25, 0.3) is 6.08 Å². The van der Waals surface area contributed by atoms with Crippen molar-refractivity contribution < 1.29 is 19.2 Å². The Hall–Kier alpha value is -3.33. The van der Waals surface area contributed by atoms with Crippen LogP contribution in [0.3, 0.4) is 0 Å². The molecule has 0 saturated carbocycles. The number of hydrogen-bond donors (Lipinski definition) is 0. The number of aliphatic imine (C=N–C) groups is 1. The van der Waals surface area contributed by atoms with Crippen LogP contribution in [0.5, 0.6) is 11.5 Å². The van der Waals surface area contributed by atoms with E-state index in [0.717, 1.165) is 11.1 Å². The van der Waals surface area contributed by atoms with E-state index < -0.39 is 4.92 Å². The number of rotatable bonds is 9. The molecule has 0 radical (unpaired) electrons. The summed E-state index contributed by atoms with van der Waals surface area (Å²) in [5, 5.41) is 11.5. The number of non-ortho nitro benzene ring substituents is 1. The van der Waals surface area contributed by atoms with E-state index in [2.05, 4.69) is 4.99 Å². The van der Waals surface area contributed by atoms with Gasteiger partial charge in [0.15, 0.2) is 16.7 Å². The van der Waals surface area contributed by atoms with Gasteiger partial charge >= 0.3 is 0 Å². The van der Waals surface area contributed by atoms with Crippen molar-refractivity contribution in [3.8, 4) is 11.5 Å². The first kappa shape index (κ1) is 25.3. The highest BCUT2D eigenvalue weighted by Crippen LogP contribution is 2.36. The van der Waals surface area contributed by atoms with Crippen LogP contribution in [0.2, 0.25) is 0 Å². The molecule has 2 aromatic rings. The van der Waals surface area contributed by atoms with Crippen LogP contribution in [-0.2, 0) is 11.4 Å². The number of nitro benzene ring substituents is 1. The molecule has 1 fully saturated rings. The minimum absolute atomic E-state index is 0.0117. The third kappa shape index (κ3) is 6.17. The summed E-state index contributed by atoms with van der Waals surface area (Å²) in [5.74, 6) is 1.06. The molecule has 1 amide bonds. The monoisotopic (exact) mass is 483 g/mol. The lowest BCUT2D eigenvalue weighted by Gasteiger charge is -2.20. The van der Waals surface area contributed by atoms with Gasteiger partial charge < -0.3 is 9.47 Å². The molecule has 3 rings (SSSR count). The van der Waals surface area contributed by atoms with Crippen LogP contribution in [0.15, 0.2) is 52.4 Å². The first-order valence-corrected chi connectivity index (χ1v) is 11.9. The average Bonchev–Trinajstić information content (AvgIpc) is 3.07. The van der Waals surface area contributed by atoms with Crippen LogP contribution in [0, 0.1) is 10.1 Å². The molecule has 0 aliphatic carbocycles. The maximum atomic E-state index is 13.0. The highest BCUT2D eigenvalue weighted by molar-refractivity contribution is 8.18. The largest absolute Gasteiger partial charge is 0.490 e. The molecule has 0 aromatic heterocycles. The molecule has 1 aliphatic heterocycles. The second-order valence-corrected chi connectivity index (χ2v) is 9.25. The number of nitro groups is 1. The molecule has 0 atom stereocenters. The minimum atomic E-state index is -0.434. The van der Waals surface area contributed by atoms with Crippen LogP contribution in [0.4, 0.5) is 5.69 Å². The van der Waals surface area contributed by atoms with Gasteiger partial charge in [-0.1, -0.05) is 6.07 Å². The molecular formula is C25H29N3O5S. The number of ether oxygens (including phenoxy) is 2. The molecule has 180 valence electrons. The Labute approximate surface area is 203 Å². The number of amidine groups is 1. The third-order valence-corrected chi connectivity index (χ3v) is 5.83. The van der Waals surface area contributed by atoms with Crippen LogP contribution < -0.4 is 9.47 Å². The lowest BCUT2D eigenvalue weighted by molar-refractivity contribution is -0.384. The molecular weight excluding hydrogens is 454 g/mol. The maximum Gasteiger partial charge on any atom is 0.269 e. The summed E-state index contributed by atoms with van der Waals surface area (Å²) in [6.07, 6.45) is 1.84. The topological polar surface area (TPSA) is 94.3 Å². The summed E-state index contributed by atoms with van der Waals surface area (Å²) >= 11 is 1.38. The van der Waals surface area contributed by atoms with Crippen molar-refractivity contribution >= 4 is 34.6 Å². The fourth-order valence-corrected chi connectivity index (χ4v) is 4.51. The average molecular weight is 484 g/mol. The van der Waals surface area contributed by atoms with E-state index in [-0.39, 0.29) is 30.3 Å². The Morgan fingerprint density at radius 2 is 1.79 bits per heavy atom. The number of carbonyl (C=O) groups is 1. The normalized spacial score (nSPS) is 16.2. The third-order valence-electron chi connectivity index (χ3n) is 4.83. The van der Waals surface area contributed by atoms with Gasteiger partial charge in [0.1, 0.15) is 6.61 Å². The Bertz CT molecular complexity index is 1110. The second kappa shape index (κ2) is 11.2. The van der Waals surface area contributed by atoms with Crippen molar-refractivity contribution in [3.05, 3.63) is 68.6 Å². The molecule has 0 N–H and O–H groups in total. The predicted molar refractivity (Wildman–Crippen MR) is 135 cm³/mol. The van der Waals surface area contributed by atoms with Gasteiger partial charge in [-0.05, 0) is 87.8 Å². The molecule has 0 bridgehead atoms. The van der Waals surface area contributed by atoms with Crippen molar-refractivity contribution in [2.45, 2.75) is 53.3 Å². The van der Waals surface area contributed by atoms with E-state index in [0.29, 0.717) is 28.2 Å². The van der Waals surface area contributed by atoms with E-state index in [4.69, 9.17) is 9.47 Å². The predicted octanol–water partition coefficient (Wildman–Crippen LogP) is 5.66. The lowest BCUT2D eigenvalue weighted by Crippen LogP contribution is -2.35. The van der Waals surface area contributed by atoms with Gasteiger partial charge in [-0.15, -0.1) is 0 Å². The van der Waals surface area contributed by atoms with E-state index >= 15 is 0 Å². The fraction of sp³-hybridized carbons (Fsp3) is 0.360. The summed E-state index contributed by atoms with van der Waals surface area (Å²) in [6.45, 7) is 10.5. The van der Waals surface area contributed by atoms with Gasteiger partial charge in [0.2, 0.25) is 0 Å². The number of hydrogen-bond acceptors (Lipinski definition) is 7. The zero-order valence-electron chi connectivity index (χ0n) is 20.0. The number of thioether (sulfide) groups is 1. The highest BCUT2D eigenvalue weighted by atomic mass is 32.2. The number of benzene rings is 2. The Morgan fingerprint density at radius 3 is 2.38 bits per heavy atom. The summed E-state index contributed by atoms with van der Waals surface area (Å²) < 4.78 is 11.7. The molecule has 1 saturated heterocycles. The van der Waals surface area contributed by atoms with Gasteiger partial charge in [-0.3, -0.25) is 24.8 Å². The van der Waals surface area contributed by atoms with E-state index in [9.17, 15) is 14.9 Å². The van der Waals surface area contributed by atoms with Gasteiger partial charge in [0, 0.05) is 24.2 Å². The molecule has 1 heterocycles. The number of amides is 1. The molecule has 34 heavy (non-hydrogen) atoms. The van der Waals surface area contributed by atoms with Crippen LogP contribution >= 0.6 is 11.8 Å². The second-order valence-electron chi connectivity index (χ2n) is 8.24. The molecule has 1 aliphatic rings. The molecule has 9 heteroatoms. The van der Waals surface area contributed by atoms with Crippen molar-refractivity contribution in [2.75, 3.05) is 6.61 Å². The van der Waals surface area contributed by atoms with Gasteiger partial charge in [0.25, 0.3) is 11.6 Å². The van der Waals surface area contributed by atoms with Crippen molar-refractivity contribution in [1.82, 2.24) is 4.90 Å². The molecule has 0 spiro atoms. The van der Waals surface area contributed by atoms with E-state index in [1.54, 1.807) is 23.1 Å². The zero-order valence-corrected chi connectivity index (χ0v) is 20.8. The zero-order chi connectivity index (χ0) is 24.8. The minimum Gasteiger partial charge on any atom is -0.490 e. The highest BCUT2D eigenvalue weighted by Gasteiger charge is 2.35. The number of nitrogens with zero attached hydrogens (tertiary/aromatic N) is 3. The first-order valence-electron chi connectivity index (χ1n) is 11.1. The molecule has 0 unspecified atom stereocenters. The van der Waals surface area contributed by atoms with Crippen LogP contribution in [-0.4, -0.2) is 39.6 Å². The Kier molecular flexibility index (Phi) is 8.33. The number of carbonyl (C=O) groups excluding carboxylic acids is 1. The summed E-state index contributed by atoms with van der Waals surface area (Å²) in [5.41, 5.74) is 1.66. The van der Waals surface area contributed by atoms with Crippen molar-refractivity contribution in [2.24, 2.45) is 4.99 Å². The summed E-state index contributed by atoms with van der Waals surface area (Å²) in [7, 11) is 0. The Balaban J connectivity index is 1.81. The lowest BCUT2D eigenvalue weighted by atomic mass is 10.1. The molecule has 2 aromatic carbocycles. The first-order chi connectivity index (χ1) is 16.2. The van der Waals surface area contributed by atoms with Crippen molar-refractivity contribution in [3.63, 3.8) is 0 Å².